The van der Waals surface area contributed by atoms with Gasteiger partial charge < -0.3 is 9.84 Å². The molecule has 0 aromatic rings. The van der Waals surface area contributed by atoms with Gasteiger partial charge in [-0.1, -0.05) is 0 Å². The third-order valence-corrected chi connectivity index (χ3v) is 1.41. The van der Waals surface area contributed by atoms with Crippen LogP contribution in [0.4, 0.5) is 13.2 Å². The van der Waals surface area contributed by atoms with E-state index in [0.717, 1.165) is 0 Å². The first-order valence-corrected chi connectivity index (χ1v) is 4.29. The average molecular weight is 214 g/mol. The van der Waals surface area contributed by atoms with Crippen molar-refractivity contribution in [1.29, 1.82) is 0 Å². The van der Waals surface area contributed by atoms with Gasteiger partial charge in [-0.05, 0) is 12.8 Å². The molecule has 0 saturated carbocycles. The summed E-state index contributed by atoms with van der Waals surface area (Å²) in [6, 6.07) is 0. The lowest BCUT2D eigenvalue weighted by molar-refractivity contribution is -0.150. The average Bonchev–Trinajstić information content (AvgIpc) is 2.07. The van der Waals surface area contributed by atoms with E-state index in [0.29, 0.717) is 0 Å². The van der Waals surface area contributed by atoms with Crippen molar-refractivity contribution in [2.45, 2.75) is 31.9 Å². The molecule has 3 nitrogen and oxygen atoms in total. The Labute approximate surface area is 79.9 Å². The van der Waals surface area contributed by atoms with E-state index >= 15 is 0 Å². The summed E-state index contributed by atoms with van der Waals surface area (Å²) in [7, 11) is 0. The van der Waals surface area contributed by atoms with E-state index in [-0.39, 0.29) is 32.5 Å². The number of aliphatic hydroxyl groups excluding tert-OH is 1. The van der Waals surface area contributed by atoms with Crippen molar-refractivity contribution in [3.8, 4) is 0 Å². The summed E-state index contributed by atoms with van der Waals surface area (Å²) >= 11 is 0. The lowest BCUT2D eigenvalue weighted by Gasteiger charge is -2.06. The minimum absolute atomic E-state index is 0.0442. The highest BCUT2D eigenvalue weighted by molar-refractivity contribution is 5.69. The van der Waals surface area contributed by atoms with Gasteiger partial charge in [0.05, 0.1) is 6.61 Å². The van der Waals surface area contributed by atoms with Gasteiger partial charge in [0, 0.05) is 19.4 Å². The van der Waals surface area contributed by atoms with Gasteiger partial charge in [-0.15, -0.1) is 0 Å². The number of halogens is 3. The van der Waals surface area contributed by atoms with E-state index < -0.39 is 18.6 Å². The quantitative estimate of drug-likeness (QED) is 0.540. The third-order valence-electron chi connectivity index (χ3n) is 1.41. The number of aliphatic hydroxyl groups is 1. The molecule has 0 rings (SSSR count). The van der Waals surface area contributed by atoms with E-state index in [4.69, 9.17) is 5.11 Å². The first kappa shape index (κ1) is 13.2. The van der Waals surface area contributed by atoms with Gasteiger partial charge in [0.2, 0.25) is 0 Å². The highest BCUT2D eigenvalue weighted by atomic mass is 19.4. The Kier molecular flexibility index (Phi) is 6.27. The molecule has 6 heteroatoms. The maximum atomic E-state index is 11.6. The normalized spacial score (nSPS) is 11.4. The number of alkyl halides is 3. The minimum atomic E-state index is -4.20. The third kappa shape index (κ3) is 9.31. The van der Waals surface area contributed by atoms with Crippen molar-refractivity contribution in [2.24, 2.45) is 0 Å². The first-order valence-electron chi connectivity index (χ1n) is 4.29. The molecular weight excluding hydrogens is 201 g/mol. The predicted octanol–water partition coefficient (Wildman–Crippen LogP) is 1.64. The molecule has 0 radical (unpaired) electrons. The number of ether oxygens (including phenoxy) is 1. The van der Waals surface area contributed by atoms with Crippen molar-refractivity contribution < 1.29 is 27.8 Å². The summed E-state index contributed by atoms with van der Waals surface area (Å²) in [6.45, 7) is -0.346. The Morgan fingerprint density at radius 3 is 2.43 bits per heavy atom. The van der Waals surface area contributed by atoms with Crippen LogP contribution >= 0.6 is 0 Å². The second-order valence-electron chi connectivity index (χ2n) is 2.77. The van der Waals surface area contributed by atoms with Crippen LogP contribution < -0.4 is 0 Å². The highest BCUT2D eigenvalue weighted by Crippen LogP contribution is 2.20. The lowest BCUT2D eigenvalue weighted by atomic mass is 10.3. The molecule has 0 amide bonds. The summed E-state index contributed by atoms with van der Waals surface area (Å²) in [5.41, 5.74) is 0. The summed E-state index contributed by atoms with van der Waals surface area (Å²) in [5, 5.41) is 8.34. The summed E-state index contributed by atoms with van der Waals surface area (Å²) in [5.74, 6) is -0.568. The number of hydrogen-bond donors (Lipinski definition) is 1. The number of hydrogen-bond acceptors (Lipinski definition) is 3. The Hall–Kier alpha value is -0.780. The number of esters is 1. The SMILES string of the molecule is O=C(CCCO)OCCCC(F)(F)F. The van der Waals surface area contributed by atoms with Crippen molar-refractivity contribution in [3.63, 3.8) is 0 Å². The minimum Gasteiger partial charge on any atom is -0.466 e. The molecule has 0 saturated heterocycles. The molecule has 0 aliphatic heterocycles. The van der Waals surface area contributed by atoms with Gasteiger partial charge in [0.15, 0.2) is 0 Å². The molecule has 0 atom stereocenters. The molecule has 1 N–H and O–H groups in total. The van der Waals surface area contributed by atoms with Crippen LogP contribution in [0.25, 0.3) is 0 Å². The molecule has 14 heavy (non-hydrogen) atoms. The van der Waals surface area contributed by atoms with Crippen LogP contribution in [-0.4, -0.2) is 30.5 Å². The fourth-order valence-corrected chi connectivity index (χ4v) is 0.754. The van der Waals surface area contributed by atoms with E-state index in [1.807, 2.05) is 0 Å². The van der Waals surface area contributed by atoms with Crippen LogP contribution in [0.1, 0.15) is 25.7 Å². The van der Waals surface area contributed by atoms with Gasteiger partial charge in [-0.25, -0.2) is 0 Å². The van der Waals surface area contributed by atoms with Crippen molar-refractivity contribution in [1.82, 2.24) is 0 Å². The molecule has 0 spiro atoms. The Morgan fingerprint density at radius 2 is 1.93 bits per heavy atom. The van der Waals surface area contributed by atoms with Crippen LogP contribution in [0.2, 0.25) is 0 Å². The summed E-state index contributed by atoms with van der Waals surface area (Å²) in [6.07, 6.45) is -5.03. The molecule has 84 valence electrons. The first-order chi connectivity index (χ1) is 6.45. The van der Waals surface area contributed by atoms with Crippen LogP contribution in [0.5, 0.6) is 0 Å². The number of carbonyl (C=O) groups is 1. The fourth-order valence-electron chi connectivity index (χ4n) is 0.754. The summed E-state index contributed by atoms with van der Waals surface area (Å²) in [4.78, 5) is 10.7. The second kappa shape index (κ2) is 6.64. The number of carbonyl (C=O) groups excluding carboxylic acids is 1. The molecule has 0 aromatic heterocycles. The molecular formula is C8H13F3O3. The van der Waals surface area contributed by atoms with Crippen LogP contribution in [0.3, 0.4) is 0 Å². The van der Waals surface area contributed by atoms with Crippen LogP contribution in [-0.2, 0) is 9.53 Å². The van der Waals surface area contributed by atoms with Gasteiger partial charge >= 0.3 is 12.1 Å². The molecule has 0 aliphatic rings. The van der Waals surface area contributed by atoms with Crippen molar-refractivity contribution in [3.05, 3.63) is 0 Å². The summed E-state index contributed by atoms with van der Waals surface area (Å²) < 4.78 is 39.3. The Bertz CT molecular complexity index is 168. The van der Waals surface area contributed by atoms with E-state index in [9.17, 15) is 18.0 Å². The standard InChI is InChI=1S/C8H13F3O3/c9-8(10,11)4-2-6-14-7(13)3-1-5-12/h12H,1-6H2. The zero-order valence-corrected chi connectivity index (χ0v) is 7.64. The maximum absolute atomic E-state index is 11.6. The smallest absolute Gasteiger partial charge is 0.389 e. The van der Waals surface area contributed by atoms with Crippen LogP contribution in [0.15, 0.2) is 0 Å². The largest absolute Gasteiger partial charge is 0.466 e. The van der Waals surface area contributed by atoms with Crippen molar-refractivity contribution in [2.75, 3.05) is 13.2 Å². The molecule has 0 aliphatic carbocycles. The van der Waals surface area contributed by atoms with Gasteiger partial charge in [-0.2, -0.15) is 13.2 Å². The van der Waals surface area contributed by atoms with Crippen LogP contribution in [0, 0.1) is 0 Å². The predicted molar refractivity (Wildman–Crippen MR) is 42.6 cm³/mol. The zero-order chi connectivity index (χ0) is 11.0. The molecule has 0 bridgehead atoms. The van der Waals surface area contributed by atoms with E-state index in [1.165, 1.54) is 0 Å². The zero-order valence-electron chi connectivity index (χ0n) is 7.64. The van der Waals surface area contributed by atoms with Gasteiger partial charge in [-0.3, -0.25) is 4.79 Å². The van der Waals surface area contributed by atoms with E-state index in [1.54, 1.807) is 0 Å². The molecule has 0 aromatic carbocycles. The monoisotopic (exact) mass is 214 g/mol. The van der Waals surface area contributed by atoms with Gasteiger partial charge in [0.25, 0.3) is 0 Å². The van der Waals surface area contributed by atoms with Crippen molar-refractivity contribution >= 4 is 5.97 Å². The highest BCUT2D eigenvalue weighted by Gasteiger charge is 2.26. The molecule has 0 unspecified atom stereocenters. The van der Waals surface area contributed by atoms with E-state index in [2.05, 4.69) is 4.74 Å². The maximum Gasteiger partial charge on any atom is 0.389 e. The molecule has 0 fully saturated rings. The van der Waals surface area contributed by atoms with Gasteiger partial charge in [0.1, 0.15) is 0 Å². The number of rotatable bonds is 6. The topological polar surface area (TPSA) is 46.5 Å². The Balaban J connectivity index is 3.32. The fraction of sp³-hybridized carbons (Fsp3) is 0.875. The Morgan fingerprint density at radius 1 is 1.29 bits per heavy atom. The lowest BCUT2D eigenvalue weighted by Crippen LogP contribution is -2.11. The molecule has 0 heterocycles. The second-order valence-corrected chi connectivity index (χ2v) is 2.77.